The van der Waals surface area contributed by atoms with Crippen LogP contribution in [-0.4, -0.2) is 37.0 Å². The number of carbonyl (C=O) groups excluding carboxylic acids is 1. The molecule has 1 amide bonds. The van der Waals surface area contributed by atoms with E-state index in [4.69, 9.17) is 0 Å². The van der Waals surface area contributed by atoms with Gasteiger partial charge in [-0.1, -0.05) is 42.1 Å². The lowest BCUT2D eigenvalue weighted by Gasteiger charge is -2.37. The molecule has 0 aliphatic carbocycles. The summed E-state index contributed by atoms with van der Waals surface area (Å²) in [7, 11) is 0. The summed E-state index contributed by atoms with van der Waals surface area (Å²) in [5.41, 5.74) is 1.68. The van der Waals surface area contributed by atoms with Gasteiger partial charge >= 0.3 is 6.18 Å². The molecule has 3 aromatic carbocycles. The van der Waals surface area contributed by atoms with E-state index in [1.807, 2.05) is 59.5 Å². The van der Waals surface area contributed by atoms with Gasteiger partial charge in [-0.05, 0) is 55.0 Å². The highest BCUT2D eigenvalue weighted by Gasteiger charge is 2.30. The summed E-state index contributed by atoms with van der Waals surface area (Å²) in [6, 6.07) is 21.0. The number of anilines is 1. The van der Waals surface area contributed by atoms with Gasteiger partial charge in [0.15, 0.2) is 0 Å². The summed E-state index contributed by atoms with van der Waals surface area (Å²) in [5, 5.41) is 0. The van der Waals surface area contributed by atoms with Crippen molar-refractivity contribution in [2.75, 3.05) is 31.1 Å². The molecular formula is C25H23F3N2OS. The molecule has 7 heteroatoms. The fourth-order valence-electron chi connectivity index (χ4n) is 3.78. The van der Waals surface area contributed by atoms with Gasteiger partial charge in [-0.15, -0.1) is 0 Å². The van der Waals surface area contributed by atoms with Gasteiger partial charge in [0, 0.05) is 41.5 Å². The van der Waals surface area contributed by atoms with Crippen molar-refractivity contribution < 1.29 is 18.0 Å². The van der Waals surface area contributed by atoms with E-state index in [1.165, 1.54) is 23.9 Å². The first-order valence-corrected chi connectivity index (χ1v) is 11.2. The minimum absolute atomic E-state index is 0.0355. The van der Waals surface area contributed by atoms with Crippen LogP contribution in [0, 0.1) is 6.92 Å². The van der Waals surface area contributed by atoms with E-state index in [9.17, 15) is 18.0 Å². The number of alkyl halides is 3. The number of halogens is 3. The van der Waals surface area contributed by atoms with Crippen LogP contribution >= 0.6 is 11.8 Å². The number of hydrogen-bond donors (Lipinski definition) is 0. The standard InChI is InChI=1S/C25H23F3N2OS/c1-18-17-20(25(26,27)28)11-12-22(18)32-23-10-6-5-9-21(23)29-13-15-30(16-14-29)24(31)19-7-3-2-4-8-19/h2-12,17H,13-16H2,1H3. The minimum Gasteiger partial charge on any atom is -0.367 e. The fourth-order valence-corrected chi connectivity index (χ4v) is 4.82. The number of hydrogen-bond acceptors (Lipinski definition) is 3. The third-order valence-corrected chi connectivity index (χ3v) is 6.76. The van der Waals surface area contributed by atoms with Crippen LogP contribution in [0.5, 0.6) is 0 Å². The van der Waals surface area contributed by atoms with Gasteiger partial charge in [0.1, 0.15) is 0 Å². The van der Waals surface area contributed by atoms with E-state index in [-0.39, 0.29) is 5.91 Å². The molecule has 32 heavy (non-hydrogen) atoms. The lowest BCUT2D eigenvalue weighted by atomic mass is 10.1. The third-order valence-electron chi connectivity index (χ3n) is 5.52. The van der Waals surface area contributed by atoms with Crippen molar-refractivity contribution in [2.24, 2.45) is 0 Å². The van der Waals surface area contributed by atoms with Gasteiger partial charge in [0.25, 0.3) is 5.91 Å². The van der Waals surface area contributed by atoms with E-state index < -0.39 is 11.7 Å². The summed E-state index contributed by atoms with van der Waals surface area (Å²) in [5.74, 6) is 0.0355. The Morgan fingerprint density at radius 1 is 0.844 bits per heavy atom. The van der Waals surface area contributed by atoms with Crippen LogP contribution < -0.4 is 4.90 Å². The van der Waals surface area contributed by atoms with Gasteiger partial charge in [0.05, 0.1) is 11.3 Å². The Bertz CT molecular complexity index is 1090. The van der Waals surface area contributed by atoms with Crippen LogP contribution in [0.2, 0.25) is 0 Å². The number of piperazine rings is 1. The summed E-state index contributed by atoms with van der Waals surface area (Å²) in [6.07, 6.45) is -4.34. The molecule has 0 unspecified atom stereocenters. The summed E-state index contributed by atoms with van der Waals surface area (Å²) >= 11 is 1.47. The number of carbonyl (C=O) groups is 1. The van der Waals surface area contributed by atoms with Crippen molar-refractivity contribution in [3.63, 3.8) is 0 Å². The second kappa shape index (κ2) is 9.28. The zero-order valence-electron chi connectivity index (χ0n) is 17.6. The molecule has 0 spiro atoms. The predicted molar refractivity (Wildman–Crippen MR) is 121 cm³/mol. The lowest BCUT2D eigenvalue weighted by Crippen LogP contribution is -2.48. The fraction of sp³-hybridized carbons (Fsp3) is 0.240. The molecule has 0 aromatic heterocycles. The second-order valence-electron chi connectivity index (χ2n) is 7.69. The zero-order valence-corrected chi connectivity index (χ0v) is 18.4. The van der Waals surface area contributed by atoms with Crippen molar-refractivity contribution in [3.05, 3.63) is 89.5 Å². The van der Waals surface area contributed by atoms with Gasteiger partial charge < -0.3 is 9.80 Å². The SMILES string of the molecule is Cc1cc(C(F)(F)F)ccc1Sc1ccccc1N1CCN(C(=O)c2ccccc2)CC1. The number of nitrogens with zero attached hydrogens (tertiary/aromatic N) is 2. The van der Waals surface area contributed by atoms with E-state index >= 15 is 0 Å². The maximum atomic E-state index is 13.0. The predicted octanol–water partition coefficient (Wildman–Crippen LogP) is 6.13. The molecule has 0 atom stereocenters. The number of benzene rings is 3. The monoisotopic (exact) mass is 456 g/mol. The van der Waals surface area contributed by atoms with E-state index in [0.717, 1.165) is 21.5 Å². The molecule has 0 radical (unpaired) electrons. The van der Waals surface area contributed by atoms with Crippen LogP contribution in [0.4, 0.5) is 18.9 Å². The largest absolute Gasteiger partial charge is 0.416 e. The minimum atomic E-state index is -4.34. The van der Waals surface area contributed by atoms with Gasteiger partial charge in [-0.3, -0.25) is 4.79 Å². The Balaban J connectivity index is 1.47. The number of aryl methyl sites for hydroxylation is 1. The Morgan fingerprint density at radius 2 is 1.50 bits per heavy atom. The Labute approximate surface area is 189 Å². The number of rotatable bonds is 4. The van der Waals surface area contributed by atoms with Crippen LogP contribution in [-0.2, 0) is 6.18 Å². The molecule has 4 rings (SSSR count). The maximum absolute atomic E-state index is 13.0. The molecule has 0 N–H and O–H groups in total. The van der Waals surface area contributed by atoms with E-state index in [1.54, 1.807) is 6.92 Å². The summed E-state index contributed by atoms with van der Waals surface area (Å²) in [4.78, 5) is 18.6. The molecule has 1 aliphatic rings. The molecule has 1 heterocycles. The molecule has 0 saturated carbocycles. The van der Waals surface area contributed by atoms with Crippen LogP contribution in [0.25, 0.3) is 0 Å². The molecule has 1 saturated heterocycles. The maximum Gasteiger partial charge on any atom is 0.416 e. The normalized spacial score (nSPS) is 14.5. The van der Waals surface area contributed by atoms with Crippen molar-refractivity contribution >= 4 is 23.4 Å². The van der Waals surface area contributed by atoms with Gasteiger partial charge in [0.2, 0.25) is 0 Å². The quantitative estimate of drug-likeness (QED) is 0.472. The van der Waals surface area contributed by atoms with Gasteiger partial charge in [-0.2, -0.15) is 13.2 Å². The van der Waals surface area contributed by atoms with Crippen molar-refractivity contribution in [2.45, 2.75) is 22.9 Å². The zero-order chi connectivity index (χ0) is 22.7. The van der Waals surface area contributed by atoms with Crippen LogP contribution in [0.1, 0.15) is 21.5 Å². The Hall–Kier alpha value is -2.93. The molecule has 1 fully saturated rings. The molecule has 3 aromatic rings. The van der Waals surface area contributed by atoms with Crippen LogP contribution in [0.15, 0.2) is 82.6 Å². The highest BCUT2D eigenvalue weighted by Crippen LogP contribution is 2.39. The van der Waals surface area contributed by atoms with E-state index in [0.29, 0.717) is 37.3 Å². The smallest absolute Gasteiger partial charge is 0.367 e. The summed E-state index contributed by atoms with van der Waals surface area (Å²) in [6.45, 7) is 4.33. The third kappa shape index (κ3) is 4.93. The Kier molecular flexibility index (Phi) is 6.46. The van der Waals surface area contributed by atoms with E-state index in [2.05, 4.69) is 4.90 Å². The highest BCUT2D eigenvalue weighted by atomic mass is 32.2. The first kappa shape index (κ1) is 22.3. The molecule has 3 nitrogen and oxygen atoms in total. The average molecular weight is 457 g/mol. The summed E-state index contributed by atoms with van der Waals surface area (Å²) < 4.78 is 39.0. The highest BCUT2D eigenvalue weighted by molar-refractivity contribution is 7.99. The molecule has 0 bridgehead atoms. The Morgan fingerprint density at radius 3 is 2.16 bits per heavy atom. The van der Waals surface area contributed by atoms with Gasteiger partial charge in [-0.25, -0.2) is 0 Å². The molecule has 1 aliphatic heterocycles. The number of amides is 1. The topological polar surface area (TPSA) is 23.6 Å². The molecular weight excluding hydrogens is 433 g/mol. The van der Waals surface area contributed by atoms with Crippen molar-refractivity contribution in [3.8, 4) is 0 Å². The van der Waals surface area contributed by atoms with Crippen molar-refractivity contribution in [1.29, 1.82) is 0 Å². The lowest BCUT2D eigenvalue weighted by molar-refractivity contribution is -0.137. The first-order chi connectivity index (χ1) is 15.3. The van der Waals surface area contributed by atoms with Crippen LogP contribution in [0.3, 0.4) is 0 Å². The van der Waals surface area contributed by atoms with Crippen molar-refractivity contribution in [1.82, 2.24) is 4.90 Å². The number of para-hydroxylation sites is 1. The second-order valence-corrected chi connectivity index (χ2v) is 8.78. The molecule has 166 valence electrons. The average Bonchev–Trinajstić information content (AvgIpc) is 2.80. The first-order valence-electron chi connectivity index (χ1n) is 10.4.